The summed E-state index contributed by atoms with van der Waals surface area (Å²) < 4.78 is 50.9. The van der Waals surface area contributed by atoms with Crippen molar-refractivity contribution >= 4 is 79.9 Å². The highest BCUT2D eigenvalue weighted by Crippen LogP contribution is 2.43. The lowest BCUT2D eigenvalue weighted by Gasteiger charge is -2.52. The highest BCUT2D eigenvalue weighted by Gasteiger charge is 2.39. The Bertz CT molecular complexity index is 2730. The van der Waals surface area contributed by atoms with Gasteiger partial charge in [-0.1, -0.05) is 19.9 Å². The van der Waals surface area contributed by atoms with Crippen LogP contribution in [0, 0.1) is 11.6 Å². The van der Waals surface area contributed by atoms with Crippen LogP contribution in [0.5, 0.6) is 5.75 Å². The van der Waals surface area contributed by atoms with E-state index in [0.717, 1.165) is 105 Å². The number of carbonyl (C=O) groups excluding carboxylic acids is 2. The molecule has 2 amide bonds. The number of rotatable bonds is 13. The third kappa shape index (κ3) is 9.82. The van der Waals surface area contributed by atoms with Crippen molar-refractivity contribution in [2.75, 3.05) is 75.2 Å². The van der Waals surface area contributed by atoms with E-state index in [2.05, 4.69) is 77.5 Å². The number of imide groups is 1. The first-order valence-corrected chi connectivity index (χ1v) is 26.9. The Labute approximate surface area is 399 Å². The lowest BCUT2D eigenvalue weighted by atomic mass is 9.84. The van der Waals surface area contributed by atoms with E-state index in [1.54, 1.807) is 26.6 Å². The molecule has 67 heavy (non-hydrogen) atoms. The van der Waals surface area contributed by atoms with Crippen LogP contribution in [0.25, 0.3) is 10.9 Å². The standard InChI is InChI=1S/C50H59BrF2N9O4P/c1-6-29-24-42(57-50-54-26-37(51)48(59-50)56-41-12-11-40-35(47(41)67(4,5)65)9-8-32(7-2)55-40)44(66-3)25-43(29)61-20-16-33(17-21-61)62-27-34(28-62)60-18-14-30(15-19-60)31-22-38(52)46(39(53)23-31)36-10-13-45(63)58-49(36)64/h8-9,11-12,22-26,30,33-34,36H,6-7,10,13-21,27-28H2,1-5H3,(H,58,63,64)(H2,54,56,57,59)/t36-/m1/s1. The van der Waals surface area contributed by atoms with Gasteiger partial charge in [0.05, 0.1) is 34.4 Å². The number of hydrogen-bond acceptors (Lipinski definition) is 12. The number of anilines is 5. The molecule has 3 aromatic carbocycles. The normalized spacial score (nSPS) is 19.4. The highest BCUT2D eigenvalue weighted by atomic mass is 79.9. The summed E-state index contributed by atoms with van der Waals surface area (Å²) in [6.45, 7) is 13.5. The quantitative estimate of drug-likeness (QED) is 0.0765. The molecule has 4 saturated heterocycles. The van der Waals surface area contributed by atoms with Crippen LogP contribution in [-0.2, 0) is 27.0 Å². The number of halogens is 3. The van der Waals surface area contributed by atoms with E-state index in [1.807, 2.05) is 24.3 Å². The monoisotopic (exact) mass is 997 g/mol. The molecule has 0 unspecified atom stereocenters. The van der Waals surface area contributed by atoms with Gasteiger partial charge in [0.2, 0.25) is 17.8 Å². The van der Waals surface area contributed by atoms with Gasteiger partial charge in [-0.3, -0.25) is 29.7 Å². The summed E-state index contributed by atoms with van der Waals surface area (Å²) in [5.41, 5.74) is 6.04. The summed E-state index contributed by atoms with van der Waals surface area (Å²) >= 11 is 3.62. The lowest BCUT2D eigenvalue weighted by Crippen LogP contribution is -2.64. The number of hydrogen-bond donors (Lipinski definition) is 3. The number of aromatic nitrogens is 3. The predicted molar refractivity (Wildman–Crippen MR) is 265 cm³/mol. The number of benzene rings is 3. The fourth-order valence-electron chi connectivity index (χ4n) is 10.6. The largest absolute Gasteiger partial charge is 0.494 e. The summed E-state index contributed by atoms with van der Waals surface area (Å²) in [5.74, 6) is -1.78. The average Bonchev–Trinajstić information content (AvgIpc) is 3.29. The van der Waals surface area contributed by atoms with Crippen molar-refractivity contribution in [1.82, 2.24) is 30.1 Å². The Morgan fingerprint density at radius 2 is 1.58 bits per heavy atom. The van der Waals surface area contributed by atoms with Gasteiger partial charge in [0.1, 0.15) is 30.3 Å². The number of ether oxygens (including phenoxy) is 1. The zero-order chi connectivity index (χ0) is 47.1. The van der Waals surface area contributed by atoms with E-state index in [4.69, 9.17) is 14.7 Å². The molecule has 0 saturated carbocycles. The maximum atomic E-state index is 15.3. The Hall–Kier alpha value is -5.02. The molecule has 354 valence electrons. The first-order valence-electron chi connectivity index (χ1n) is 23.5. The highest BCUT2D eigenvalue weighted by molar-refractivity contribution is 9.10. The number of nitrogens with zero attached hydrogens (tertiary/aromatic N) is 6. The first kappa shape index (κ1) is 47.1. The molecule has 13 nitrogen and oxygen atoms in total. The molecule has 1 atom stereocenters. The zero-order valence-corrected chi connectivity index (χ0v) is 41.3. The van der Waals surface area contributed by atoms with Crippen LogP contribution in [0.2, 0.25) is 0 Å². The molecule has 6 heterocycles. The molecule has 9 rings (SSSR count). The molecule has 4 fully saturated rings. The summed E-state index contributed by atoms with van der Waals surface area (Å²) in [5, 5.41) is 10.7. The van der Waals surface area contributed by atoms with Gasteiger partial charge >= 0.3 is 0 Å². The van der Waals surface area contributed by atoms with E-state index >= 15 is 8.78 Å². The molecule has 0 radical (unpaired) electrons. The summed E-state index contributed by atoms with van der Waals surface area (Å²) in [6.07, 6.45) is 7.31. The van der Waals surface area contributed by atoms with Gasteiger partial charge in [-0.05, 0) is 141 Å². The molecule has 0 bridgehead atoms. The number of nitrogens with one attached hydrogen (secondary N) is 3. The predicted octanol–water partition coefficient (Wildman–Crippen LogP) is 8.99. The summed E-state index contributed by atoms with van der Waals surface area (Å²) in [4.78, 5) is 45.8. The van der Waals surface area contributed by atoms with E-state index in [9.17, 15) is 14.2 Å². The van der Waals surface area contributed by atoms with Crippen molar-refractivity contribution in [3.63, 3.8) is 0 Å². The number of fused-ring (bicyclic) bond motifs is 1. The van der Waals surface area contributed by atoms with Crippen LogP contribution in [-0.4, -0.2) is 108 Å². The first-order chi connectivity index (χ1) is 32.2. The Kier molecular flexibility index (Phi) is 13.7. The Morgan fingerprint density at radius 1 is 0.851 bits per heavy atom. The number of carbonyl (C=O) groups is 2. The Morgan fingerprint density at radius 3 is 2.24 bits per heavy atom. The van der Waals surface area contributed by atoms with Crippen molar-refractivity contribution in [3.05, 3.63) is 93.2 Å². The second-order valence-corrected chi connectivity index (χ2v) is 22.8. The van der Waals surface area contributed by atoms with Crippen LogP contribution in [0.1, 0.15) is 86.6 Å². The maximum Gasteiger partial charge on any atom is 0.234 e. The van der Waals surface area contributed by atoms with Crippen molar-refractivity contribution in [2.24, 2.45) is 0 Å². The molecule has 4 aliphatic heterocycles. The van der Waals surface area contributed by atoms with Crippen molar-refractivity contribution < 1.29 is 27.7 Å². The fraction of sp³-hybridized carbons (Fsp3) is 0.460. The third-order valence-electron chi connectivity index (χ3n) is 14.2. The minimum Gasteiger partial charge on any atom is -0.494 e. The number of amides is 2. The molecule has 3 N–H and O–H groups in total. The maximum absolute atomic E-state index is 15.3. The summed E-state index contributed by atoms with van der Waals surface area (Å²) in [6, 6.07) is 15.9. The van der Waals surface area contributed by atoms with E-state index in [-0.39, 0.29) is 24.3 Å². The van der Waals surface area contributed by atoms with E-state index in [1.165, 1.54) is 23.4 Å². The van der Waals surface area contributed by atoms with Gasteiger partial charge < -0.3 is 24.8 Å². The smallest absolute Gasteiger partial charge is 0.234 e. The van der Waals surface area contributed by atoms with Crippen LogP contribution >= 0.6 is 23.1 Å². The SMILES string of the molecule is CCc1ccc2c(P(C)(C)=O)c(Nc3nc(Nc4cc(CC)c(N5CCC(N6CC(N7CCC(c8cc(F)c([C@H]9CCC(=O)NC9=O)c(F)c8)CC7)C6)CC5)cc4OC)ncc3Br)ccc2n1. The van der Waals surface area contributed by atoms with Crippen molar-refractivity contribution in [3.8, 4) is 5.75 Å². The fourth-order valence-corrected chi connectivity index (χ4v) is 12.3. The van der Waals surface area contributed by atoms with Crippen LogP contribution in [0.4, 0.5) is 37.6 Å². The Balaban J connectivity index is 0.797. The van der Waals surface area contributed by atoms with Gasteiger partial charge in [0.15, 0.2) is 0 Å². The summed E-state index contributed by atoms with van der Waals surface area (Å²) in [7, 11) is -1.07. The van der Waals surface area contributed by atoms with Gasteiger partial charge in [0.25, 0.3) is 0 Å². The van der Waals surface area contributed by atoms with Crippen LogP contribution in [0.3, 0.4) is 0 Å². The minimum absolute atomic E-state index is 0.0558. The molecule has 0 aliphatic carbocycles. The number of aryl methyl sites for hydroxylation is 2. The second-order valence-electron chi connectivity index (χ2n) is 18.7. The van der Waals surface area contributed by atoms with Crippen LogP contribution < -0.4 is 30.9 Å². The molecular weight excluding hydrogens is 939 g/mol. The molecule has 0 spiro atoms. The van der Waals surface area contributed by atoms with Crippen molar-refractivity contribution in [2.45, 2.75) is 89.1 Å². The zero-order valence-electron chi connectivity index (χ0n) is 38.8. The van der Waals surface area contributed by atoms with Gasteiger partial charge in [-0.2, -0.15) is 4.98 Å². The minimum atomic E-state index is -2.74. The van der Waals surface area contributed by atoms with Crippen molar-refractivity contribution in [1.29, 1.82) is 0 Å². The second kappa shape index (κ2) is 19.5. The molecule has 4 aliphatic rings. The van der Waals surface area contributed by atoms with Crippen LogP contribution in [0.15, 0.2) is 59.2 Å². The average molecular weight is 999 g/mol. The van der Waals surface area contributed by atoms with Gasteiger partial charge in [-0.25, -0.2) is 13.8 Å². The number of methoxy groups -OCH3 is 1. The number of piperidine rings is 3. The van der Waals surface area contributed by atoms with Gasteiger partial charge in [0, 0.05) is 84.6 Å². The number of pyridine rings is 1. The van der Waals surface area contributed by atoms with E-state index in [0.29, 0.717) is 45.3 Å². The molecule has 5 aromatic rings. The lowest BCUT2D eigenvalue weighted by molar-refractivity contribution is -0.134. The van der Waals surface area contributed by atoms with Gasteiger partial charge in [-0.15, -0.1) is 0 Å². The molecular formula is C50H59BrF2N9O4P. The molecule has 2 aromatic heterocycles. The number of likely N-dealkylation sites (tertiary alicyclic amines) is 2. The topological polar surface area (TPSA) is 145 Å². The molecule has 17 heteroatoms. The third-order valence-corrected chi connectivity index (χ3v) is 16.4. The van der Waals surface area contributed by atoms with E-state index < -0.39 is 36.5 Å².